The van der Waals surface area contributed by atoms with Crippen molar-refractivity contribution >= 4 is 39.7 Å². The number of ether oxygens (including phenoxy) is 1. The molecule has 0 unspecified atom stereocenters. The highest BCUT2D eigenvalue weighted by Gasteiger charge is 2.18. The first-order chi connectivity index (χ1) is 14.9. The van der Waals surface area contributed by atoms with Gasteiger partial charge in [0.25, 0.3) is 0 Å². The Morgan fingerprint density at radius 2 is 2.06 bits per heavy atom. The number of fused-ring (bicyclic) bond motifs is 1. The first-order valence-electron chi connectivity index (χ1n) is 9.53. The molecular formula is C23H20N6OS. The quantitative estimate of drug-likeness (QED) is 0.324. The van der Waals surface area contributed by atoms with Crippen LogP contribution in [0.2, 0.25) is 0 Å². The highest BCUT2D eigenvalue weighted by atomic mass is 32.1. The Balaban J connectivity index is 1.85. The summed E-state index contributed by atoms with van der Waals surface area (Å²) in [5.41, 5.74) is 5.51. The molecule has 0 spiro atoms. The summed E-state index contributed by atoms with van der Waals surface area (Å²) in [7, 11) is 3.42. The normalized spacial score (nSPS) is 11.5. The molecule has 0 fully saturated rings. The first kappa shape index (κ1) is 20.4. The molecule has 7 nitrogen and oxygen atoms in total. The second-order valence-electron chi connectivity index (χ2n) is 7.20. The molecule has 31 heavy (non-hydrogen) atoms. The second kappa shape index (κ2) is 7.75. The van der Waals surface area contributed by atoms with Crippen LogP contribution in [0.25, 0.3) is 32.5 Å². The fourth-order valence-electron chi connectivity index (χ4n) is 3.70. The number of allylic oxidation sites excluding steroid dienone is 1. The molecule has 4 aromatic rings. The van der Waals surface area contributed by atoms with Crippen molar-refractivity contribution in [1.29, 1.82) is 5.26 Å². The minimum absolute atomic E-state index is 0.450. The van der Waals surface area contributed by atoms with Gasteiger partial charge in [0.15, 0.2) is 5.82 Å². The van der Waals surface area contributed by atoms with E-state index in [1.165, 1.54) is 0 Å². The lowest BCUT2D eigenvalue weighted by molar-refractivity contribution is 0.398. The number of nitriles is 1. The Labute approximate surface area is 184 Å². The summed E-state index contributed by atoms with van der Waals surface area (Å²) in [5.74, 6) is 1.04. The monoisotopic (exact) mass is 428 g/mol. The van der Waals surface area contributed by atoms with Gasteiger partial charge in [0.05, 0.1) is 36.5 Å². The highest BCUT2D eigenvalue weighted by Crippen LogP contribution is 2.36. The predicted octanol–water partition coefficient (Wildman–Crippen LogP) is 5.37. The van der Waals surface area contributed by atoms with Crippen molar-refractivity contribution in [3.05, 3.63) is 63.5 Å². The third kappa shape index (κ3) is 3.37. The number of nitrogens with zero attached hydrogens (tertiary/aromatic N) is 6. The van der Waals surface area contributed by atoms with Gasteiger partial charge in [-0.05, 0) is 49.4 Å². The molecule has 0 saturated heterocycles. The zero-order valence-corrected chi connectivity index (χ0v) is 18.7. The molecule has 0 aliphatic carbocycles. The van der Waals surface area contributed by atoms with E-state index in [1.54, 1.807) is 30.7 Å². The lowest BCUT2D eigenvalue weighted by atomic mass is 10.1. The Kier molecular flexibility index (Phi) is 5.10. The molecule has 0 N–H and O–H groups in total. The van der Waals surface area contributed by atoms with Gasteiger partial charge in [-0.25, -0.2) is 14.8 Å². The number of methoxy groups -OCH3 is 1. The standard InChI is InChI=1S/C23H20N6OS/c1-13-7-16(15(3)29(13)23-19(25-4)8-14(2)31-23)9-17(11-24)22-27-18-10-21(30-6)26-12-20(18)28(22)5/h7-10,12H,1-3,5-6H3/b17-9+. The van der Waals surface area contributed by atoms with Crippen LogP contribution in [0.15, 0.2) is 24.4 Å². The SMILES string of the molecule is [C-]#[N+]c1cc(C)sc1-n1c(C)cc(/C=C(\C#N)c2nc3cc(OC)ncc3n2C)c1C. The molecule has 0 saturated carbocycles. The fourth-order valence-corrected chi connectivity index (χ4v) is 4.76. The molecule has 0 aromatic carbocycles. The molecule has 0 amide bonds. The largest absolute Gasteiger partial charge is 0.481 e. The minimum atomic E-state index is 0.450. The third-order valence-electron chi connectivity index (χ3n) is 5.22. The van der Waals surface area contributed by atoms with Gasteiger partial charge in [-0.3, -0.25) is 0 Å². The lowest BCUT2D eigenvalue weighted by Crippen LogP contribution is -1.98. The van der Waals surface area contributed by atoms with E-state index >= 15 is 0 Å². The van der Waals surface area contributed by atoms with E-state index in [-0.39, 0.29) is 0 Å². The summed E-state index contributed by atoms with van der Waals surface area (Å²) in [6.45, 7) is 13.5. The number of aryl methyl sites for hydroxylation is 3. The smallest absolute Gasteiger partial charge is 0.221 e. The topological polar surface area (TPSA) is 73.0 Å². The molecule has 154 valence electrons. The molecule has 0 radical (unpaired) electrons. The van der Waals surface area contributed by atoms with Crippen molar-refractivity contribution in [3.63, 3.8) is 0 Å². The summed E-state index contributed by atoms with van der Waals surface area (Å²) in [6, 6.07) is 7.98. The van der Waals surface area contributed by atoms with E-state index in [2.05, 4.69) is 25.4 Å². The maximum Gasteiger partial charge on any atom is 0.221 e. The molecule has 0 bridgehead atoms. The second-order valence-corrected chi connectivity index (χ2v) is 8.44. The highest BCUT2D eigenvalue weighted by molar-refractivity contribution is 7.15. The van der Waals surface area contributed by atoms with E-state index in [9.17, 15) is 5.26 Å². The number of hydrogen-bond donors (Lipinski definition) is 0. The van der Waals surface area contributed by atoms with E-state index in [1.807, 2.05) is 50.6 Å². The van der Waals surface area contributed by atoms with Gasteiger partial charge >= 0.3 is 0 Å². The van der Waals surface area contributed by atoms with E-state index < -0.39 is 0 Å². The van der Waals surface area contributed by atoms with Gasteiger partial charge in [-0.1, -0.05) is 0 Å². The molecule has 4 heterocycles. The van der Waals surface area contributed by atoms with Crippen molar-refractivity contribution in [1.82, 2.24) is 19.1 Å². The van der Waals surface area contributed by atoms with Gasteiger partial charge in [0.1, 0.15) is 11.1 Å². The van der Waals surface area contributed by atoms with Crippen LogP contribution >= 0.6 is 11.3 Å². The number of aromatic nitrogens is 4. The van der Waals surface area contributed by atoms with Gasteiger partial charge in [0.2, 0.25) is 11.6 Å². The van der Waals surface area contributed by atoms with E-state index in [0.29, 0.717) is 28.5 Å². The van der Waals surface area contributed by atoms with Gasteiger partial charge in [-0.15, -0.1) is 11.3 Å². The minimum Gasteiger partial charge on any atom is -0.481 e. The summed E-state index contributed by atoms with van der Waals surface area (Å²) in [5, 5.41) is 10.8. The van der Waals surface area contributed by atoms with Crippen LogP contribution in [-0.4, -0.2) is 26.2 Å². The Morgan fingerprint density at radius 3 is 2.74 bits per heavy atom. The summed E-state index contributed by atoms with van der Waals surface area (Å²) < 4.78 is 9.12. The van der Waals surface area contributed by atoms with Crippen molar-refractivity contribution in [2.45, 2.75) is 20.8 Å². The maximum atomic E-state index is 9.90. The molecule has 4 rings (SSSR count). The van der Waals surface area contributed by atoms with Crippen LogP contribution in [0.5, 0.6) is 5.88 Å². The van der Waals surface area contributed by atoms with Crippen LogP contribution in [-0.2, 0) is 7.05 Å². The van der Waals surface area contributed by atoms with Crippen LogP contribution < -0.4 is 4.74 Å². The van der Waals surface area contributed by atoms with Gasteiger partial charge in [0, 0.05) is 24.5 Å². The molecular weight excluding hydrogens is 408 g/mol. The lowest BCUT2D eigenvalue weighted by Gasteiger charge is -2.08. The molecule has 0 aliphatic rings. The van der Waals surface area contributed by atoms with Crippen LogP contribution in [0.1, 0.15) is 27.7 Å². The van der Waals surface area contributed by atoms with Crippen molar-refractivity contribution in [2.24, 2.45) is 7.05 Å². The third-order valence-corrected chi connectivity index (χ3v) is 6.25. The maximum absolute atomic E-state index is 9.90. The molecule has 0 aliphatic heterocycles. The zero-order valence-electron chi connectivity index (χ0n) is 17.9. The Hall–Kier alpha value is -3.88. The molecule has 4 aromatic heterocycles. The van der Waals surface area contributed by atoms with Gasteiger partial charge in [-0.2, -0.15) is 5.26 Å². The number of rotatable bonds is 4. The van der Waals surface area contributed by atoms with Crippen molar-refractivity contribution in [3.8, 4) is 17.0 Å². The fraction of sp³-hybridized carbons (Fsp3) is 0.217. The molecule has 0 atom stereocenters. The zero-order chi connectivity index (χ0) is 22.3. The summed E-state index contributed by atoms with van der Waals surface area (Å²) >= 11 is 1.59. The summed E-state index contributed by atoms with van der Waals surface area (Å²) in [6.07, 6.45) is 3.54. The van der Waals surface area contributed by atoms with Crippen molar-refractivity contribution < 1.29 is 4.74 Å². The number of thiophene rings is 1. The van der Waals surface area contributed by atoms with E-state index in [4.69, 9.17) is 11.3 Å². The average Bonchev–Trinajstić information content (AvgIpc) is 3.38. The van der Waals surface area contributed by atoms with Crippen LogP contribution in [0.3, 0.4) is 0 Å². The van der Waals surface area contributed by atoms with E-state index in [0.717, 1.165) is 32.3 Å². The van der Waals surface area contributed by atoms with Crippen molar-refractivity contribution in [2.75, 3.05) is 7.11 Å². The first-order valence-corrected chi connectivity index (χ1v) is 10.4. The van der Waals surface area contributed by atoms with Crippen LogP contribution in [0, 0.1) is 38.7 Å². The molecule has 8 heteroatoms. The predicted molar refractivity (Wildman–Crippen MR) is 123 cm³/mol. The number of hydrogen-bond acceptors (Lipinski definition) is 5. The Bertz CT molecular complexity index is 1440. The average molecular weight is 429 g/mol. The van der Waals surface area contributed by atoms with Crippen LogP contribution in [0.4, 0.5) is 5.69 Å². The number of imidazole rings is 1. The number of pyridine rings is 1. The Morgan fingerprint density at radius 1 is 1.29 bits per heavy atom. The van der Waals surface area contributed by atoms with Gasteiger partial charge < -0.3 is 13.9 Å². The summed E-state index contributed by atoms with van der Waals surface area (Å²) in [4.78, 5) is 13.6.